The number of hydrogen-bond donors (Lipinski definition) is 0. The first-order chi connectivity index (χ1) is 22.8. The van der Waals surface area contributed by atoms with Crippen LogP contribution < -0.4 is 0 Å². The molecule has 1 atom stereocenters. The molecule has 0 spiro atoms. The van der Waals surface area contributed by atoms with Crippen LogP contribution in [-0.2, 0) is 5.41 Å². The molecule has 0 aromatic heterocycles. The fourth-order valence-electron chi connectivity index (χ4n) is 8.20. The van der Waals surface area contributed by atoms with E-state index >= 15 is 0 Å². The lowest BCUT2D eigenvalue weighted by Gasteiger charge is -2.29. The van der Waals surface area contributed by atoms with Gasteiger partial charge in [0, 0.05) is 22.5 Å². The largest absolute Gasteiger partial charge is 0.288 e. The minimum Gasteiger partial charge on any atom is -0.288 e. The molecule has 9 rings (SSSR count). The first-order valence-corrected chi connectivity index (χ1v) is 16.3. The molecule has 47 heavy (non-hydrogen) atoms. The van der Waals surface area contributed by atoms with Gasteiger partial charge in [-0.1, -0.05) is 129 Å². The first kappa shape index (κ1) is 27.7. The zero-order chi connectivity index (χ0) is 32.0. The van der Waals surface area contributed by atoms with Gasteiger partial charge in [-0.2, -0.15) is 0 Å². The summed E-state index contributed by atoms with van der Waals surface area (Å²) in [6.45, 7) is 6.84. The van der Waals surface area contributed by atoms with Gasteiger partial charge in [0.25, 0.3) is 0 Å². The normalized spacial score (nSPS) is 16.4. The van der Waals surface area contributed by atoms with Crippen LogP contribution in [0.2, 0.25) is 0 Å². The molecule has 0 fully saturated rings. The Balaban J connectivity index is 1.27. The highest BCUT2D eigenvalue weighted by Gasteiger charge is 2.38. The van der Waals surface area contributed by atoms with E-state index in [1.54, 1.807) is 6.08 Å². The van der Waals surface area contributed by atoms with Crippen LogP contribution in [0.3, 0.4) is 0 Å². The maximum Gasteiger partial charge on any atom is 0.197 e. The Hall–Kier alpha value is -5.60. The van der Waals surface area contributed by atoms with E-state index in [4.69, 9.17) is 0 Å². The molecular weight excluding hydrogens is 572 g/mol. The monoisotopic (exact) mass is 604 g/mol. The van der Waals surface area contributed by atoms with Gasteiger partial charge in [0.1, 0.15) is 0 Å². The zero-order valence-electron chi connectivity index (χ0n) is 26.6. The molecule has 0 amide bonds. The maximum atomic E-state index is 13.7. The van der Waals surface area contributed by atoms with E-state index in [1.807, 2.05) is 36.4 Å². The Morgan fingerprint density at radius 3 is 1.89 bits per heavy atom. The van der Waals surface area contributed by atoms with Gasteiger partial charge < -0.3 is 0 Å². The van der Waals surface area contributed by atoms with E-state index in [-0.39, 0.29) is 28.5 Å². The van der Waals surface area contributed by atoms with Crippen LogP contribution in [0.25, 0.3) is 38.4 Å². The molecule has 2 nitrogen and oxygen atoms in total. The van der Waals surface area contributed by atoms with Crippen LogP contribution in [0.4, 0.5) is 0 Å². The molecule has 0 saturated heterocycles. The summed E-state index contributed by atoms with van der Waals surface area (Å²) in [4.78, 5) is 27.4. The number of hydrogen-bond acceptors (Lipinski definition) is 2. The second-order valence-electron chi connectivity index (χ2n) is 13.7. The van der Waals surface area contributed by atoms with Gasteiger partial charge >= 0.3 is 0 Å². The molecule has 0 radical (unpaired) electrons. The number of fused-ring (bicyclic) bond motifs is 4. The van der Waals surface area contributed by atoms with Gasteiger partial charge in [-0.05, 0) is 96.4 Å². The van der Waals surface area contributed by atoms with Gasteiger partial charge in [0.05, 0.1) is 5.57 Å². The number of aryl methyl sites for hydroxylation is 1. The summed E-state index contributed by atoms with van der Waals surface area (Å²) in [6, 6.07) is 44.7. The third kappa shape index (κ3) is 4.04. The summed E-state index contributed by atoms with van der Waals surface area (Å²) in [5, 5.41) is 6.93. The van der Waals surface area contributed by atoms with Crippen LogP contribution in [0.5, 0.6) is 0 Å². The number of benzene rings is 7. The zero-order valence-corrected chi connectivity index (χ0v) is 26.6. The molecular formula is C45H32O2. The van der Waals surface area contributed by atoms with Gasteiger partial charge in [-0.15, -0.1) is 0 Å². The van der Waals surface area contributed by atoms with Crippen molar-refractivity contribution in [1.82, 2.24) is 0 Å². The minimum atomic E-state index is -0.345. The summed E-state index contributed by atoms with van der Waals surface area (Å²) in [5.41, 5.74) is 9.33. The maximum absolute atomic E-state index is 13.7. The van der Waals surface area contributed by atoms with Crippen LogP contribution >= 0.6 is 0 Å². The third-order valence-electron chi connectivity index (χ3n) is 10.6. The van der Waals surface area contributed by atoms with E-state index in [9.17, 15) is 9.59 Å². The number of allylic oxidation sites excluding steroid dienone is 1. The molecule has 0 saturated carbocycles. The highest BCUT2D eigenvalue weighted by molar-refractivity contribution is 6.42. The van der Waals surface area contributed by atoms with E-state index in [0.29, 0.717) is 11.1 Å². The van der Waals surface area contributed by atoms with Crippen LogP contribution in [0.1, 0.15) is 79.4 Å². The number of Topliss-reactive ketones (excluding diaryl/α,β-unsaturated/α-hetero) is 2. The van der Waals surface area contributed by atoms with Gasteiger partial charge in [-0.3, -0.25) is 9.59 Å². The van der Waals surface area contributed by atoms with Gasteiger partial charge in [-0.25, -0.2) is 0 Å². The van der Waals surface area contributed by atoms with Crippen molar-refractivity contribution < 1.29 is 9.59 Å². The lowest BCUT2D eigenvalue weighted by molar-refractivity contribution is 0.0990. The van der Waals surface area contributed by atoms with Crippen molar-refractivity contribution in [1.29, 1.82) is 0 Å². The number of carbonyl (C=O) groups excluding carboxylic acids is 2. The minimum absolute atomic E-state index is 0.00867. The van der Waals surface area contributed by atoms with Gasteiger partial charge in [0.15, 0.2) is 11.6 Å². The summed E-state index contributed by atoms with van der Waals surface area (Å²) >= 11 is 0. The fraction of sp³-hybridized carbons (Fsp3) is 0.111. The van der Waals surface area contributed by atoms with Crippen molar-refractivity contribution in [2.24, 2.45) is 0 Å². The van der Waals surface area contributed by atoms with Crippen molar-refractivity contribution in [3.63, 3.8) is 0 Å². The van der Waals surface area contributed by atoms with E-state index in [2.05, 4.69) is 112 Å². The summed E-state index contributed by atoms with van der Waals surface area (Å²) in [6.07, 6.45) is 1.81. The van der Waals surface area contributed by atoms with Crippen LogP contribution in [0.15, 0.2) is 133 Å². The predicted molar refractivity (Wildman–Crippen MR) is 193 cm³/mol. The molecule has 2 aliphatic carbocycles. The molecule has 0 bridgehead atoms. The third-order valence-corrected chi connectivity index (χ3v) is 10.6. The lowest BCUT2D eigenvalue weighted by Crippen LogP contribution is -2.21. The van der Waals surface area contributed by atoms with Crippen molar-refractivity contribution in [3.8, 4) is 0 Å². The molecule has 7 aromatic rings. The Kier molecular flexibility index (Phi) is 5.86. The van der Waals surface area contributed by atoms with Crippen molar-refractivity contribution in [2.45, 2.75) is 32.1 Å². The van der Waals surface area contributed by atoms with Crippen LogP contribution in [0, 0.1) is 6.92 Å². The fourth-order valence-corrected chi connectivity index (χ4v) is 8.20. The average molecular weight is 605 g/mol. The summed E-state index contributed by atoms with van der Waals surface area (Å²) in [7, 11) is 0. The Labute approximate surface area is 274 Å². The number of ketones is 2. The Morgan fingerprint density at radius 2 is 1.19 bits per heavy atom. The van der Waals surface area contributed by atoms with Crippen molar-refractivity contribution in [3.05, 3.63) is 183 Å². The molecule has 0 aliphatic heterocycles. The van der Waals surface area contributed by atoms with Crippen LogP contribution in [-0.4, -0.2) is 11.6 Å². The smallest absolute Gasteiger partial charge is 0.197 e. The number of rotatable bonds is 2. The second-order valence-corrected chi connectivity index (χ2v) is 13.7. The molecule has 0 heterocycles. The molecule has 2 aliphatic rings. The SMILES string of the molecule is Cc1ccc2cccc3c2c1C(c1ccc2ccccc2c1)c1ccc(C=C2C(=O)c4cc5ccccc5cc4C2=O)cc1C3(C)C. The highest BCUT2D eigenvalue weighted by Crippen LogP contribution is 2.50. The topological polar surface area (TPSA) is 34.1 Å². The molecule has 7 aromatic carbocycles. The lowest BCUT2D eigenvalue weighted by atomic mass is 9.74. The van der Waals surface area contributed by atoms with Crippen molar-refractivity contribution >= 4 is 50.0 Å². The molecule has 2 heteroatoms. The predicted octanol–water partition coefficient (Wildman–Crippen LogP) is 10.7. The number of carbonyl (C=O) groups is 2. The average Bonchev–Trinajstić information content (AvgIpc) is 3.26. The highest BCUT2D eigenvalue weighted by atomic mass is 16.2. The quantitative estimate of drug-likeness (QED) is 0.145. The first-order valence-electron chi connectivity index (χ1n) is 16.3. The van der Waals surface area contributed by atoms with Crippen molar-refractivity contribution in [2.75, 3.05) is 0 Å². The van der Waals surface area contributed by atoms with Gasteiger partial charge in [0.2, 0.25) is 0 Å². The van der Waals surface area contributed by atoms with E-state index in [1.165, 1.54) is 54.9 Å². The molecule has 0 N–H and O–H groups in total. The summed E-state index contributed by atoms with van der Waals surface area (Å²) < 4.78 is 0. The Morgan fingerprint density at radius 1 is 0.574 bits per heavy atom. The van der Waals surface area contributed by atoms with E-state index < -0.39 is 0 Å². The standard InChI is InChI=1S/C45H32O2/c1-26-15-17-29-13-8-14-38-42(29)40(26)41(33-19-18-28-9-4-5-10-30(28)23-33)34-20-16-27(22-39(34)45(38,2)3)21-37-43(46)35-24-31-11-6-7-12-32(31)25-36(35)44(37)47/h4-25,41H,1-3H3. The molecule has 1 unspecified atom stereocenters. The Bertz CT molecular complexity index is 2490. The molecule has 224 valence electrons. The van der Waals surface area contributed by atoms with E-state index in [0.717, 1.165) is 16.3 Å². The summed E-state index contributed by atoms with van der Waals surface area (Å²) in [5.74, 6) is -0.395. The second kappa shape index (κ2) is 9.95.